The Hall–Kier alpha value is -2.33. The Balaban J connectivity index is 1.90. The first-order valence-electron chi connectivity index (χ1n) is 8.01. The van der Waals surface area contributed by atoms with Crippen LogP contribution in [0.3, 0.4) is 0 Å². The fourth-order valence-corrected chi connectivity index (χ4v) is 2.32. The van der Waals surface area contributed by atoms with Crippen LogP contribution in [-0.2, 0) is 6.42 Å². The van der Waals surface area contributed by atoms with Crippen molar-refractivity contribution in [3.05, 3.63) is 65.2 Å². The number of nitrogens with zero attached hydrogens (tertiary/aromatic N) is 1. The molecule has 2 aromatic rings. The number of aliphatic imine (C=N–C) groups is 1. The topological polar surface area (TPSA) is 12.4 Å². The fraction of sp³-hybridized carbons (Fsp3) is 0.286. The average Bonchev–Trinajstić information content (AvgIpc) is 2.58. The van der Waals surface area contributed by atoms with Gasteiger partial charge in [0.15, 0.2) is 0 Å². The second-order valence-corrected chi connectivity index (χ2v) is 5.50. The molecule has 2 rings (SSSR count). The summed E-state index contributed by atoms with van der Waals surface area (Å²) in [5.74, 6) is 2.61. The van der Waals surface area contributed by atoms with E-state index in [1.807, 2.05) is 30.5 Å². The minimum Gasteiger partial charge on any atom is -0.256 e. The van der Waals surface area contributed by atoms with E-state index in [1.165, 1.54) is 31.2 Å². The predicted octanol–water partition coefficient (Wildman–Crippen LogP) is 5.54. The summed E-state index contributed by atoms with van der Waals surface area (Å²) >= 11 is 0. The van der Waals surface area contributed by atoms with Crippen molar-refractivity contribution in [3.63, 3.8) is 0 Å². The summed E-state index contributed by atoms with van der Waals surface area (Å²) in [6.45, 7) is 2.24. The largest absolute Gasteiger partial charge is 0.256 e. The van der Waals surface area contributed by atoms with Crippen LogP contribution >= 0.6 is 0 Å². The minimum atomic E-state index is 0.893. The molecule has 22 heavy (non-hydrogen) atoms. The van der Waals surface area contributed by atoms with Gasteiger partial charge in [0.25, 0.3) is 0 Å². The molecular formula is C21H23N. The Morgan fingerprint density at radius 2 is 1.68 bits per heavy atom. The number of benzene rings is 2. The molecule has 0 saturated heterocycles. The molecule has 2 aromatic carbocycles. The maximum atomic E-state index is 5.35. The quantitative estimate of drug-likeness (QED) is 0.360. The number of aryl methyl sites for hydroxylation is 1. The van der Waals surface area contributed by atoms with Gasteiger partial charge in [0.2, 0.25) is 0 Å². The van der Waals surface area contributed by atoms with Crippen molar-refractivity contribution in [2.24, 2.45) is 4.99 Å². The Morgan fingerprint density at radius 1 is 0.955 bits per heavy atom. The highest BCUT2D eigenvalue weighted by Gasteiger charge is 1.95. The molecule has 0 saturated carbocycles. The lowest BCUT2D eigenvalue weighted by Crippen LogP contribution is -1.85. The van der Waals surface area contributed by atoms with E-state index in [9.17, 15) is 0 Å². The van der Waals surface area contributed by atoms with Gasteiger partial charge in [0.1, 0.15) is 0 Å². The van der Waals surface area contributed by atoms with Crippen molar-refractivity contribution in [2.45, 2.75) is 39.0 Å². The molecule has 0 aliphatic heterocycles. The van der Waals surface area contributed by atoms with E-state index in [-0.39, 0.29) is 0 Å². The van der Waals surface area contributed by atoms with Gasteiger partial charge in [-0.15, -0.1) is 6.42 Å². The molecule has 1 nitrogen and oxygen atoms in total. The van der Waals surface area contributed by atoms with Gasteiger partial charge in [-0.3, -0.25) is 4.99 Å². The van der Waals surface area contributed by atoms with Gasteiger partial charge in [-0.2, -0.15) is 0 Å². The zero-order valence-corrected chi connectivity index (χ0v) is 13.3. The molecule has 0 radical (unpaired) electrons. The standard InChI is InChI=1S/C21H23N/c1-3-5-6-7-8-19-13-15-21(16-14-19)22-17-20-11-9-18(4-2)10-12-20/h2,9-17H,3,5-8H2,1H3. The predicted molar refractivity (Wildman–Crippen MR) is 95.9 cm³/mol. The van der Waals surface area contributed by atoms with Gasteiger partial charge >= 0.3 is 0 Å². The molecule has 1 heteroatoms. The number of hydrogen-bond acceptors (Lipinski definition) is 1. The highest BCUT2D eigenvalue weighted by atomic mass is 14.7. The molecule has 0 amide bonds. The van der Waals surface area contributed by atoms with Crippen molar-refractivity contribution < 1.29 is 0 Å². The Morgan fingerprint density at radius 3 is 2.32 bits per heavy atom. The molecule has 0 unspecified atom stereocenters. The van der Waals surface area contributed by atoms with E-state index in [2.05, 4.69) is 42.1 Å². The minimum absolute atomic E-state index is 0.893. The van der Waals surface area contributed by atoms with Gasteiger partial charge in [0.05, 0.1) is 5.69 Å². The van der Waals surface area contributed by atoms with E-state index in [4.69, 9.17) is 6.42 Å². The summed E-state index contributed by atoms with van der Waals surface area (Å²) in [6, 6.07) is 16.4. The first kappa shape index (κ1) is 16.0. The maximum absolute atomic E-state index is 5.35. The lowest BCUT2D eigenvalue weighted by molar-refractivity contribution is 0.667. The number of unbranched alkanes of at least 4 members (excludes halogenated alkanes) is 3. The van der Waals surface area contributed by atoms with Crippen molar-refractivity contribution in [3.8, 4) is 12.3 Å². The monoisotopic (exact) mass is 289 g/mol. The molecule has 0 N–H and O–H groups in total. The van der Waals surface area contributed by atoms with Gasteiger partial charge in [-0.05, 0) is 48.2 Å². The van der Waals surface area contributed by atoms with Crippen molar-refractivity contribution in [1.82, 2.24) is 0 Å². The van der Waals surface area contributed by atoms with Gasteiger partial charge < -0.3 is 0 Å². The van der Waals surface area contributed by atoms with E-state index in [0.29, 0.717) is 0 Å². The van der Waals surface area contributed by atoms with Crippen LogP contribution in [-0.4, -0.2) is 6.21 Å². The maximum Gasteiger partial charge on any atom is 0.0630 e. The molecule has 0 aromatic heterocycles. The lowest BCUT2D eigenvalue weighted by atomic mass is 10.1. The second kappa shape index (κ2) is 8.85. The smallest absolute Gasteiger partial charge is 0.0630 e. The zero-order valence-electron chi connectivity index (χ0n) is 13.3. The Bertz CT molecular complexity index is 627. The average molecular weight is 289 g/mol. The summed E-state index contributed by atoms with van der Waals surface area (Å²) in [6.07, 6.45) is 13.6. The zero-order chi connectivity index (χ0) is 15.6. The van der Waals surface area contributed by atoms with Crippen LogP contribution in [0.15, 0.2) is 53.5 Å². The summed E-state index contributed by atoms with van der Waals surface area (Å²) < 4.78 is 0. The molecule has 0 atom stereocenters. The summed E-state index contributed by atoms with van der Waals surface area (Å²) in [5.41, 5.74) is 4.33. The van der Waals surface area contributed by atoms with Crippen LogP contribution in [0.1, 0.15) is 49.3 Å². The highest BCUT2D eigenvalue weighted by Crippen LogP contribution is 2.15. The van der Waals surface area contributed by atoms with Crippen LogP contribution in [0.25, 0.3) is 0 Å². The van der Waals surface area contributed by atoms with E-state index >= 15 is 0 Å². The molecule has 112 valence electrons. The number of hydrogen-bond donors (Lipinski definition) is 0. The molecule has 0 bridgehead atoms. The summed E-state index contributed by atoms with van der Waals surface area (Å²) in [5, 5.41) is 0. The molecule has 0 fully saturated rings. The van der Waals surface area contributed by atoms with Crippen molar-refractivity contribution in [2.75, 3.05) is 0 Å². The SMILES string of the molecule is C#Cc1ccc(C=Nc2ccc(CCCCCC)cc2)cc1. The Kier molecular flexibility index (Phi) is 6.45. The van der Waals surface area contributed by atoms with Crippen LogP contribution in [0.5, 0.6) is 0 Å². The summed E-state index contributed by atoms with van der Waals surface area (Å²) in [4.78, 5) is 4.51. The first-order valence-corrected chi connectivity index (χ1v) is 8.01. The van der Waals surface area contributed by atoms with Crippen LogP contribution < -0.4 is 0 Å². The van der Waals surface area contributed by atoms with Crippen molar-refractivity contribution in [1.29, 1.82) is 0 Å². The third-order valence-electron chi connectivity index (χ3n) is 3.70. The fourth-order valence-electron chi connectivity index (χ4n) is 2.32. The van der Waals surface area contributed by atoms with Gasteiger partial charge in [-0.25, -0.2) is 0 Å². The van der Waals surface area contributed by atoms with Crippen LogP contribution in [0, 0.1) is 12.3 Å². The van der Waals surface area contributed by atoms with E-state index in [0.717, 1.165) is 23.2 Å². The van der Waals surface area contributed by atoms with Gasteiger partial charge in [-0.1, -0.05) is 56.4 Å². The molecule has 0 spiro atoms. The third-order valence-corrected chi connectivity index (χ3v) is 3.70. The molecule has 0 aliphatic carbocycles. The highest BCUT2D eigenvalue weighted by molar-refractivity contribution is 5.82. The van der Waals surface area contributed by atoms with Gasteiger partial charge in [0, 0.05) is 11.8 Å². The third kappa shape index (κ3) is 5.22. The molecular weight excluding hydrogens is 266 g/mol. The second-order valence-electron chi connectivity index (χ2n) is 5.50. The number of rotatable bonds is 7. The van der Waals surface area contributed by atoms with Crippen LogP contribution in [0.4, 0.5) is 5.69 Å². The molecule has 0 heterocycles. The van der Waals surface area contributed by atoms with Crippen LogP contribution in [0.2, 0.25) is 0 Å². The lowest BCUT2D eigenvalue weighted by Gasteiger charge is -2.02. The van der Waals surface area contributed by atoms with E-state index < -0.39 is 0 Å². The first-order chi connectivity index (χ1) is 10.8. The normalized spacial score (nSPS) is 10.7. The van der Waals surface area contributed by atoms with E-state index in [1.54, 1.807) is 0 Å². The Labute approximate surface area is 134 Å². The van der Waals surface area contributed by atoms with Crippen molar-refractivity contribution >= 4 is 11.9 Å². The molecule has 0 aliphatic rings. The number of terminal acetylenes is 1. The summed E-state index contributed by atoms with van der Waals surface area (Å²) in [7, 11) is 0.